The van der Waals surface area contributed by atoms with Gasteiger partial charge in [0.05, 0.1) is 6.10 Å². The maximum atomic E-state index is 10.1. The van der Waals surface area contributed by atoms with Gasteiger partial charge in [-0.25, -0.2) is 0 Å². The first-order chi connectivity index (χ1) is 8.29. The third kappa shape index (κ3) is 2.38. The van der Waals surface area contributed by atoms with Crippen LogP contribution in [0.25, 0.3) is 0 Å². The van der Waals surface area contributed by atoms with E-state index in [-0.39, 0.29) is 6.10 Å². The molecule has 0 aromatic heterocycles. The van der Waals surface area contributed by atoms with Crippen molar-refractivity contribution >= 4 is 0 Å². The van der Waals surface area contributed by atoms with Crippen molar-refractivity contribution in [1.29, 1.82) is 0 Å². The zero-order chi connectivity index (χ0) is 11.7. The summed E-state index contributed by atoms with van der Waals surface area (Å²) in [7, 11) is 0. The molecule has 0 bridgehead atoms. The Hall–Kier alpha value is -0.120. The number of hydrogen-bond donors (Lipinski definition) is 2. The summed E-state index contributed by atoms with van der Waals surface area (Å²) < 4.78 is 0. The predicted molar refractivity (Wildman–Crippen MR) is 69.0 cm³/mol. The fourth-order valence-electron chi connectivity index (χ4n) is 4.25. The predicted octanol–water partition coefficient (Wildman–Crippen LogP) is 1.37. The third-order valence-corrected chi connectivity index (χ3v) is 5.16. The average molecular weight is 238 g/mol. The molecular formula is C14H26N2O. The van der Waals surface area contributed by atoms with Crippen LogP contribution in [0, 0.1) is 5.41 Å². The maximum Gasteiger partial charge on any atom is 0.0695 e. The lowest BCUT2D eigenvalue weighted by atomic mass is 9.74. The summed E-state index contributed by atoms with van der Waals surface area (Å²) in [5.74, 6) is 0. The van der Waals surface area contributed by atoms with E-state index in [2.05, 4.69) is 10.2 Å². The molecule has 2 aliphatic heterocycles. The van der Waals surface area contributed by atoms with Crippen LogP contribution in [0.3, 0.4) is 0 Å². The molecule has 0 aromatic rings. The topological polar surface area (TPSA) is 35.5 Å². The van der Waals surface area contributed by atoms with Gasteiger partial charge >= 0.3 is 0 Å². The second-order valence-electron chi connectivity index (χ2n) is 6.42. The number of aliphatic hydroxyl groups is 1. The summed E-state index contributed by atoms with van der Waals surface area (Å²) in [6.07, 6.45) is 8.83. The molecule has 2 N–H and O–H groups in total. The fourth-order valence-corrected chi connectivity index (χ4v) is 4.25. The molecule has 3 heteroatoms. The van der Waals surface area contributed by atoms with Gasteiger partial charge in [0.25, 0.3) is 0 Å². The molecule has 17 heavy (non-hydrogen) atoms. The maximum absolute atomic E-state index is 10.1. The van der Waals surface area contributed by atoms with E-state index in [0.29, 0.717) is 11.5 Å². The molecule has 1 aliphatic carbocycles. The molecule has 3 nitrogen and oxygen atoms in total. The van der Waals surface area contributed by atoms with Crippen molar-refractivity contribution in [3.63, 3.8) is 0 Å². The first-order valence-electron chi connectivity index (χ1n) is 7.42. The Morgan fingerprint density at radius 1 is 1.12 bits per heavy atom. The van der Waals surface area contributed by atoms with Gasteiger partial charge in [-0.05, 0) is 63.5 Å². The molecule has 2 heterocycles. The number of piperidine rings is 2. The van der Waals surface area contributed by atoms with Crippen LogP contribution in [0.15, 0.2) is 0 Å². The van der Waals surface area contributed by atoms with Gasteiger partial charge in [0.1, 0.15) is 0 Å². The largest absolute Gasteiger partial charge is 0.391 e. The van der Waals surface area contributed by atoms with E-state index in [4.69, 9.17) is 0 Å². The van der Waals surface area contributed by atoms with E-state index in [9.17, 15) is 5.11 Å². The number of hydrogen-bond acceptors (Lipinski definition) is 3. The molecule has 0 aromatic carbocycles. The minimum Gasteiger partial charge on any atom is -0.391 e. The number of nitrogens with one attached hydrogen (secondary N) is 1. The smallest absolute Gasteiger partial charge is 0.0695 e. The van der Waals surface area contributed by atoms with Gasteiger partial charge < -0.3 is 10.4 Å². The molecule has 1 spiro atoms. The highest BCUT2D eigenvalue weighted by molar-refractivity contribution is 4.95. The second-order valence-corrected chi connectivity index (χ2v) is 6.42. The summed E-state index contributed by atoms with van der Waals surface area (Å²) >= 11 is 0. The normalized spacial score (nSPS) is 44.3. The van der Waals surface area contributed by atoms with Gasteiger partial charge in [-0.15, -0.1) is 0 Å². The van der Waals surface area contributed by atoms with Crippen LogP contribution in [0.4, 0.5) is 0 Å². The lowest BCUT2D eigenvalue weighted by molar-refractivity contribution is 0.000323. The Kier molecular flexibility index (Phi) is 3.42. The molecule has 3 aliphatic rings. The van der Waals surface area contributed by atoms with Gasteiger partial charge in [-0.1, -0.05) is 0 Å². The van der Waals surface area contributed by atoms with Crippen molar-refractivity contribution in [3.8, 4) is 0 Å². The van der Waals surface area contributed by atoms with Crippen molar-refractivity contribution in [2.24, 2.45) is 5.41 Å². The second kappa shape index (κ2) is 4.87. The summed E-state index contributed by atoms with van der Waals surface area (Å²) in [6, 6.07) is 0.467. The molecule has 3 fully saturated rings. The summed E-state index contributed by atoms with van der Waals surface area (Å²) in [5, 5.41) is 13.6. The quantitative estimate of drug-likeness (QED) is 0.724. The lowest BCUT2D eigenvalue weighted by Crippen LogP contribution is -2.54. The monoisotopic (exact) mass is 238 g/mol. The van der Waals surface area contributed by atoms with Crippen molar-refractivity contribution in [2.45, 2.75) is 57.1 Å². The van der Waals surface area contributed by atoms with Crippen LogP contribution in [-0.4, -0.2) is 48.3 Å². The van der Waals surface area contributed by atoms with E-state index >= 15 is 0 Å². The first kappa shape index (κ1) is 11.9. The summed E-state index contributed by atoms with van der Waals surface area (Å²) in [4.78, 5) is 2.61. The number of nitrogens with zero attached hydrogens (tertiary/aromatic N) is 1. The number of aliphatic hydroxyl groups excluding tert-OH is 1. The van der Waals surface area contributed by atoms with E-state index in [0.717, 1.165) is 6.42 Å². The molecular weight excluding hydrogens is 212 g/mol. The Labute approximate surface area is 105 Å². The van der Waals surface area contributed by atoms with Gasteiger partial charge in [-0.3, -0.25) is 4.90 Å². The molecule has 98 valence electrons. The number of rotatable bonds is 1. The van der Waals surface area contributed by atoms with Crippen molar-refractivity contribution in [2.75, 3.05) is 26.2 Å². The Balaban J connectivity index is 1.66. The lowest BCUT2D eigenvalue weighted by Gasteiger charge is -2.47. The molecule has 3 atom stereocenters. The van der Waals surface area contributed by atoms with Gasteiger partial charge in [0.2, 0.25) is 0 Å². The standard InChI is InChI=1S/C14H26N2O/c17-13-5-1-4-12(13)16-9-3-7-14(11-16)6-2-8-15-10-14/h12-13,15,17H,1-11H2. The van der Waals surface area contributed by atoms with Crippen LogP contribution < -0.4 is 5.32 Å². The third-order valence-electron chi connectivity index (χ3n) is 5.16. The summed E-state index contributed by atoms with van der Waals surface area (Å²) in [5.41, 5.74) is 0.527. The molecule has 3 unspecified atom stereocenters. The Morgan fingerprint density at radius 2 is 2.00 bits per heavy atom. The van der Waals surface area contributed by atoms with Crippen molar-refractivity contribution < 1.29 is 5.11 Å². The fraction of sp³-hybridized carbons (Fsp3) is 1.00. The van der Waals surface area contributed by atoms with E-state index < -0.39 is 0 Å². The van der Waals surface area contributed by atoms with Crippen molar-refractivity contribution in [3.05, 3.63) is 0 Å². The first-order valence-corrected chi connectivity index (χ1v) is 7.42. The number of likely N-dealkylation sites (tertiary alicyclic amines) is 1. The van der Waals surface area contributed by atoms with Gasteiger partial charge in [0.15, 0.2) is 0 Å². The average Bonchev–Trinajstić information content (AvgIpc) is 2.77. The van der Waals surface area contributed by atoms with E-state index in [1.54, 1.807) is 0 Å². The highest BCUT2D eigenvalue weighted by atomic mass is 16.3. The zero-order valence-corrected chi connectivity index (χ0v) is 10.8. The molecule has 1 saturated carbocycles. The van der Waals surface area contributed by atoms with Crippen LogP contribution in [0.1, 0.15) is 44.9 Å². The highest BCUT2D eigenvalue weighted by Crippen LogP contribution is 2.38. The van der Waals surface area contributed by atoms with Crippen molar-refractivity contribution in [1.82, 2.24) is 10.2 Å². The molecule has 3 rings (SSSR count). The molecule has 0 radical (unpaired) electrons. The van der Waals surface area contributed by atoms with E-state index in [1.807, 2.05) is 0 Å². The van der Waals surface area contributed by atoms with Gasteiger partial charge in [-0.2, -0.15) is 0 Å². The molecule has 0 amide bonds. The summed E-state index contributed by atoms with van der Waals surface area (Å²) in [6.45, 7) is 4.84. The molecule has 2 saturated heterocycles. The van der Waals surface area contributed by atoms with Crippen LogP contribution in [-0.2, 0) is 0 Å². The Bertz CT molecular complexity index is 257. The van der Waals surface area contributed by atoms with Crippen LogP contribution in [0.5, 0.6) is 0 Å². The van der Waals surface area contributed by atoms with E-state index in [1.165, 1.54) is 64.7 Å². The SMILES string of the molecule is OC1CCCC1N1CCCC2(CCCNC2)C1. The minimum absolute atomic E-state index is 0.0540. The van der Waals surface area contributed by atoms with Crippen LogP contribution in [0.2, 0.25) is 0 Å². The minimum atomic E-state index is -0.0540. The zero-order valence-electron chi connectivity index (χ0n) is 10.8. The van der Waals surface area contributed by atoms with Crippen LogP contribution >= 0.6 is 0 Å². The highest BCUT2D eigenvalue weighted by Gasteiger charge is 2.40. The Morgan fingerprint density at radius 3 is 2.71 bits per heavy atom. The van der Waals surface area contributed by atoms with Gasteiger partial charge in [0, 0.05) is 19.1 Å².